The number of aryl methyl sites for hydroxylation is 1. The van der Waals surface area contributed by atoms with Crippen molar-refractivity contribution in [2.45, 2.75) is 12.3 Å². The van der Waals surface area contributed by atoms with Crippen molar-refractivity contribution in [3.63, 3.8) is 0 Å². The molecule has 1 aromatic heterocycles. The van der Waals surface area contributed by atoms with Crippen LogP contribution in [0.4, 0.5) is 8.78 Å². The number of hydrogen-bond acceptors (Lipinski definition) is 2. The van der Waals surface area contributed by atoms with Crippen molar-refractivity contribution in [3.05, 3.63) is 53.9 Å². The highest BCUT2D eigenvalue weighted by atomic mass is 19.3. The van der Waals surface area contributed by atoms with Crippen molar-refractivity contribution in [1.29, 1.82) is 0 Å². The van der Waals surface area contributed by atoms with Crippen molar-refractivity contribution < 1.29 is 8.78 Å². The topological polar surface area (TPSA) is 29.9 Å². The van der Waals surface area contributed by atoms with Crippen LogP contribution in [0.25, 0.3) is 0 Å². The van der Waals surface area contributed by atoms with E-state index < -0.39 is 5.92 Å². The molecule has 0 fully saturated rings. The molecule has 2 aromatic rings. The van der Waals surface area contributed by atoms with Crippen LogP contribution in [0.1, 0.15) is 11.3 Å². The van der Waals surface area contributed by atoms with E-state index in [0.717, 1.165) is 5.69 Å². The maximum atomic E-state index is 13.8. The lowest BCUT2D eigenvalue weighted by Crippen LogP contribution is -2.32. The first-order valence-corrected chi connectivity index (χ1v) is 6.20. The van der Waals surface area contributed by atoms with Crippen molar-refractivity contribution in [2.24, 2.45) is 7.05 Å². The van der Waals surface area contributed by atoms with E-state index in [1.54, 1.807) is 29.1 Å². The first kappa shape index (κ1) is 13.7. The maximum Gasteiger partial charge on any atom is 0.285 e. The minimum absolute atomic E-state index is 0.0445. The van der Waals surface area contributed by atoms with Gasteiger partial charge in [-0.05, 0) is 6.07 Å². The van der Waals surface area contributed by atoms with Gasteiger partial charge in [-0.25, -0.2) is 0 Å². The fourth-order valence-corrected chi connectivity index (χ4v) is 1.89. The highest BCUT2D eigenvalue weighted by Gasteiger charge is 2.30. The Kier molecular flexibility index (Phi) is 4.27. The molecule has 1 N–H and O–H groups in total. The predicted molar refractivity (Wildman–Crippen MR) is 70.1 cm³/mol. The van der Waals surface area contributed by atoms with Crippen molar-refractivity contribution >= 4 is 0 Å². The molecule has 0 aliphatic heterocycles. The number of hydrogen-bond donors (Lipinski definition) is 1. The summed E-state index contributed by atoms with van der Waals surface area (Å²) in [4.78, 5) is 0. The van der Waals surface area contributed by atoms with Gasteiger partial charge in [0.1, 0.15) is 0 Å². The molecule has 0 unspecified atom stereocenters. The van der Waals surface area contributed by atoms with Gasteiger partial charge in [0.05, 0.1) is 6.54 Å². The van der Waals surface area contributed by atoms with E-state index in [9.17, 15) is 8.78 Å². The Labute approximate surface area is 111 Å². The molecule has 5 heteroatoms. The smallest absolute Gasteiger partial charge is 0.285 e. The van der Waals surface area contributed by atoms with E-state index in [1.165, 1.54) is 12.1 Å². The second-order valence-electron chi connectivity index (χ2n) is 4.44. The summed E-state index contributed by atoms with van der Waals surface area (Å²) < 4.78 is 29.4. The molecule has 0 bridgehead atoms. The van der Waals surface area contributed by atoms with E-state index in [1.807, 2.05) is 13.1 Å². The monoisotopic (exact) mass is 265 g/mol. The van der Waals surface area contributed by atoms with Gasteiger partial charge in [-0.2, -0.15) is 13.9 Å². The number of alkyl halides is 2. The second-order valence-corrected chi connectivity index (χ2v) is 4.44. The molecule has 0 aliphatic carbocycles. The van der Waals surface area contributed by atoms with Crippen LogP contribution < -0.4 is 5.32 Å². The van der Waals surface area contributed by atoms with Gasteiger partial charge in [-0.3, -0.25) is 4.68 Å². The van der Waals surface area contributed by atoms with E-state index in [0.29, 0.717) is 13.0 Å². The first-order chi connectivity index (χ1) is 9.09. The molecular weight excluding hydrogens is 248 g/mol. The molecule has 1 aromatic carbocycles. The average Bonchev–Trinajstić information content (AvgIpc) is 2.81. The van der Waals surface area contributed by atoms with Crippen LogP contribution in [0.15, 0.2) is 42.6 Å². The van der Waals surface area contributed by atoms with Crippen LogP contribution in [0.5, 0.6) is 0 Å². The standard InChI is InChI=1S/C14H17F2N3/c1-19-13(8-10-18-19)7-9-17-11-14(15,16)12-5-3-2-4-6-12/h2-6,8,10,17H,7,9,11H2,1H3. The molecule has 0 radical (unpaired) electrons. The zero-order valence-corrected chi connectivity index (χ0v) is 10.8. The van der Waals surface area contributed by atoms with E-state index in [4.69, 9.17) is 0 Å². The summed E-state index contributed by atoms with van der Waals surface area (Å²) in [6.45, 7) is 0.150. The van der Waals surface area contributed by atoms with Crippen molar-refractivity contribution in [2.75, 3.05) is 13.1 Å². The van der Waals surface area contributed by atoms with E-state index in [2.05, 4.69) is 10.4 Å². The molecule has 0 aliphatic rings. The molecule has 102 valence electrons. The minimum Gasteiger partial charge on any atom is -0.310 e. The summed E-state index contributed by atoms with van der Waals surface area (Å²) in [6.07, 6.45) is 2.38. The summed E-state index contributed by atoms with van der Waals surface area (Å²) in [5, 5.41) is 6.83. The van der Waals surface area contributed by atoms with Crippen molar-refractivity contribution in [3.8, 4) is 0 Å². The van der Waals surface area contributed by atoms with Crippen LogP contribution in [0, 0.1) is 0 Å². The van der Waals surface area contributed by atoms with Crippen LogP contribution in [-0.2, 0) is 19.4 Å². The Morgan fingerprint density at radius 2 is 1.95 bits per heavy atom. The fourth-order valence-electron chi connectivity index (χ4n) is 1.89. The maximum absolute atomic E-state index is 13.8. The second kappa shape index (κ2) is 5.93. The predicted octanol–water partition coefficient (Wildman–Crippen LogP) is 2.34. The summed E-state index contributed by atoms with van der Waals surface area (Å²) in [6, 6.07) is 9.76. The molecule has 3 nitrogen and oxygen atoms in total. The fraction of sp³-hybridized carbons (Fsp3) is 0.357. The Morgan fingerprint density at radius 1 is 1.21 bits per heavy atom. The van der Waals surface area contributed by atoms with Gasteiger partial charge in [-0.1, -0.05) is 30.3 Å². The summed E-state index contributed by atoms with van der Waals surface area (Å²) in [5.41, 5.74) is 1.07. The van der Waals surface area contributed by atoms with E-state index in [-0.39, 0.29) is 12.1 Å². The number of nitrogens with zero attached hydrogens (tertiary/aromatic N) is 2. The molecule has 0 spiro atoms. The lowest BCUT2D eigenvalue weighted by molar-refractivity contribution is -0.00288. The molecular formula is C14H17F2N3. The Balaban J connectivity index is 1.81. The SMILES string of the molecule is Cn1nccc1CCNCC(F)(F)c1ccccc1. The van der Waals surface area contributed by atoms with Crippen LogP contribution in [0.3, 0.4) is 0 Å². The largest absolute Gasteiger partial charge is 0.310 e. The Morgan fingerprint density at radius 3 is 2.58 bits per heavy atom. The van der Waals surface area contributed by atoms with Gasteiger partial charge < -0.3 is 5.32 Å². The van der Waals surface area contributed by atoms with Gasteiger partial charge >= 0.3 is 0 Å². The normalized spacial score (nSPS) is 11.7. The zero-order chi connectivity index (χ0) is 13.7. The highest BCUT2D eigenvalue weighted by Crippen LogP contribution is 2.26. The van der Waals surface area contributed by atoms with Crippen LogP contribution in [0.2, 0.25) is 0 Å². The zero-order valence-electron chi connectivity index (χ0n) is 10.8. The minimum atomic E-state index is -2.84. The van der Waals surface area contributed by atoms with Crippen molar-refractivity contribution in [1.82, 2.24) is 15.1 Å². The third kappa shape index (κ3) is 3.61. The summed E-state index contributed by atoms with van der Waals surface area (Å²) in [7, 11) is 1.84. The molecule has 0 atom stereocenters. The highest BCUT2D eigenvalue weighted by molar-refractivity contribution is 5.20. The van der Waals surface area contributed by atoms with Crippen LogP contribution >= 0.6 is 0 Å². The third-order valence-electron chi connectivity index (χ3n) is 3.02. The Bertz CT molecular complexity index is 508. The first-order valence-electron chi connectivity index (χ1n) is 6.20. The number of nitrogens with one attached hydrogen (secondary N) is 1. The van der Waals surface area contributed by atoms with Gasteiger partial charge in [0.2, 0.25) is 0 Å². The van der Waals surface area contributed by atoms with Crippen LogP contribution in [-0.4, -0.2) is 22.9 Å². The summed E-state index contributed by atoms with van der Waals surface area (Å²) >= 11 is 0. The molecule has 0 saturated heterocycles. The van der Waals surface area contributed by atoms with Gasteiger partial charge in [0.15, 0.2) is 0 Å². The molecule has 0 saturated carbocycles. The average molecular weight is 265 g/mol. The van der Waals surface area contributed by atoms with E-state index >= 15 is 0 Å². The summed E-state index contributed by atoms with van der Waals surface area (Å²) in [5.74, 6) is -2.84. The van der Waals surface area contributed by atoms with Gasteiger partial charge in [-0.15, -0.1) is 0 Å². The number of halogens is 2. The number of benzene rings is 1. The number of rotatable bonds is 6. The number of aromatic nitrogens is 2. The van der Waals surface area contributed by atoms with Gasteiger partial charge in [0.25, 0.3) is 5.92 Å². The Hall–Kier alpha value is -1.75. The molecule has 0 amide bonds. The molecule has 19 heavy (non-hydrogen) atoms. The third-order valence-corrected chi connectivity index (χ3v) is 3.02. The lowest BCUT2D eigenvalue weighted by Gasteiger charge is -2.17. The molecule has 1 heterocycles. The quantitative estimate of drug-likeness (QED) is 0.812. The molecule has 2 rings (SSSR count). The lowest BCUT2D eigenvalue weighted by atomic mass is 10.1. The van der Waals surface area contributed by atoms with Gasteiger partial charge in [0, 0.05) is 37.5 Å².